The number of benzene rings is 2. The van der Waals surface area contributed by atoms with Gasteiger partial charge in [-0.15, -0.1) is 0 Å². The molecule has 31 heavy (non-hydrogen) atoms. The molecule has 0 spiro atoms. The number of halogens is 2. The second-order valence-electron chi connectivity index (χ2n) is 7.45. The van der Waals surface area contributed by atoms with Crippen molar-refractivity contribution in [1.82, 2.24) is 0 Å². The van der Waals surface area contributed by atoms with Crippen LogP contribution in [-0.2, 0) is 36.6 Å². The zero-order chi connectivity index (χ0) is 22.9. The second kappa shape index (κ2) is 17.7. The molecule has 0 unspecified atom stereocenters. The summed E-state index contributed by atoms with van der Waals surface area (Å²) in [5.41, 5.74) is 7.67. The molecule has 0 aliphatic heterocycles. The summed E-state index contributed by atoms with van der Waals surface area (Å²) < 4.78 is 0. The zero-order valence-electron chi connectivity index (χ0n) is 19.2. The zero-order valence-corrected chi connectivity index (χ0v) is 23.4. The molecule has 2 aromatic rings. The third kappa shape index (κ3) is 10.1. The molecule has 0 amide bonds. The Morgan fingerprint density at radius 2 is 0.871 bits per heavy atom. The number of hydrogen-bond donors (Lipinski definition) is 0. The van der Waals surface area contributed by atoms with E-state index >= 15 is 0 Å². The van der Waals surface area contributed by atoms with Crippen molar-refractivity contribution in [2.24, 2.45) is 9.98 Å². The number of para-hydroxylation sites is 2. The molecule has 2 aromatic carbocycles. The van der Waals surface area contributed by atoms with E-state index in [0.29, 0.717) is 0 Å². The Hall–Kier alpha value is -0.766. The first kappa shape index (κ1) is 28.3. The summed E-state index contributed by atoms with van der Waals surface area (Å²) >= 11 is 6.00. The first-order chi connectivity index (χ1) is 15.2. The number of aliphatic imine (C=N–C) groups is 2. The fourth-order valence-electron chi connectivity index (χ4n) is 3.72. The van der Waals surface area contributed by atoms with Crippen molar-refractivity contribution in [3.8, 4) is 0 Å². The molecule has 0 aliphatic rings. The topological polar surface area (TPSA) is 24.7 Å². The molecule has 0 aliphatic carbocycles. The van der Waals surface area contributed by atoms with Gasteiger partial charge in [0.25, 0.3) is 0 Å². The third-order valence-corrected chi connectivity index (χ3v) is 4.96. The van der Waals surface area contributed by atoms with E-state index < -0.39 is 0 Å². The van der Waals surface area contributed by atoms with Crippen molar-refractivity contribution in [3.63, 3.8) is 0 Å². The van der Waals surface area contributed by atoms with Crippen molar-refractivity contribution in [2.45, 2.75) is 79.1 Å². The Bertz CT molecular complexity index is 703. The molecule has 0 atom stereocenters. The van der Waals surface area contributed by atoms with E-state index in [9.17, 15) is 0 Å². The summed E-state index contributed by atoms with van der Waals surface area (Å²) in [5, 5.41) is 0. The van der Waals surface area contributed by atoms with Crippen LogP contribution >= 0.6 is 28.5 Å². The molecular weight excluding hydrogens is 559 g/mol. The van der Waals surface area contributed by atoms with Crippen molar-refractivity contribution in [3.05, 3.63) is 58.7 Å². The maximum atomic E-state index is 4.84. The van der Waals surface area contributed by atoms with Crippen LogP contribution in [0.1, 0.15) is 75.6 Å². The van der Waals surface area contributed by atoms with Crippen molar-refractivity contribution >= 4 is 52.3 Å². The van der Waals surface area contributed by atoms with Crippen LogP contribution in [0.15, 0.2) is 46.4 Å². The summed E-state index contributed by atoms with van der Waals surface area (Å²) in [4.78, 5) is 9.67. The minimum absolute atomic E-state index is 1.07. The minimum atomic E-state index is 1.07. The van der Waals surface area contributed by atoms with E-state index in [-0.39, 0.29) is 0 Å². The van der Waals surface area contributed by atoms with Crippen molar-refractivity contribution < 1.29 is 10.9 Å². The van der Waals surface area contributed by atoms with Gasteiger partial charge in [0, 0.05) is 12.4 Å². The van der Waals surface area contributed by atoms with Gasteiger partial charge >= 0.3 is 39.3 Å². The predicted molar refractivity (Wildman–Crippen MR) is 143 cm³/mol. The molecule has 0 bridgehead atoms. The molecule has 2 nitrogen and oxygen atoms in total. The SMILES string of the molecule is CCCc1cccc(CCC)c1N=CC=Nc1c(CCC)cccc1CCC.[Br][Ni][Br]. The van der Waals surface area contributed by atoms with E-state index in [1.165, 1.54) is 33.2 Å². The fraction of sp³-hybridized carbons (Fsp3) is 0.462. The average molecular weight is 595 g/mol. The number of aryl methyl sites for hydroxylation is 4. The normalized spacial score (nSPS) is 11.3. The summed E-state index contributed by atoms with van der Waals surface area (Å²) in [6, 6.07) is 13.2. The molecular formula is C26H36Br2N2Ni. The average Bonchev–Trinajstić information content (AvgIpc) is 2.75. The molecule has 0 saturated heterocycles. The van der Waals surface area contributed by atoms with Crippen molar-refractivity contribution in [2.75, 3.05) is 0 Å². The van der Waals surface area contributed by atoms with Crippen LogP contribution in [0.25, 0.3) is 0 Å². The van der Waals surface area contributed by atoms with Gasteiger partial charge in [-0.1, -0.05) is 89.8 Å². The molecule has 0 heterocycles. The summed E-state index contributed by atoms with van der Waals surface area (Å²) in [6.07, 6.45) is 12.6. The van der Waals surface area contributed by atoms with Gasteiger partial charge in [0.05, 0.1) is 11.4 Å². The first-order valence-corrected chi connectivity index (χ1v) is 16.1. The number of nitrogens with zero attached hydrogens (tertiary/aromatic N) is 2. The van der Waals surface area contributed by atoms with Crippen LogP contribution in [0, 0.1) is 0 Å². The van der Waals surface area contributed by atoms with Gasteiger partial charge in [0.2, 0.25) is 0 Å². The molecule has 5 heteroatoms. The van der Waals surface area contributed by atoms with E-state index in [0.717, 1.165) is 62.7 Å². The second-order valence-corrected chi connectivity index (χ2v) is 12.4. The summed E-state index contributed by atoms with van der Waals surface area (Å²) in [7, 11) is 1.25. The Balaban J connectivity index is 0.00000151. The van der Waals surface area contributed by atoms with Crippen LogP contribution in [0.3, 0.4) is 0 Å². The van der Waals surface area contributed by atoms with Gasteiger partial charge in [0.1, 0.15) is 0 Å². The van der Waals surface area contributed by atoms with Gasteiger partial charge in [-0.2, -0.15) is 0 Å². The monoisotopic (exact) mass is 592 g/mol. The molecule has 2 rings (SSSR count). The van der Waals surface area contributed by atoms with Gasteiger partial charge in [-0.25, -0.2) is 0 Å². The van der Waals surface area contributed by atoms with Crippen LogP contribution < -0.4 is 0 Å². The van der Waals surface area contributed by atoms with E-state index in [1.807, 2.05) is 12.4 Å². The number of rotatable bonds is 11. The van der Waals surface area contributed by atoms with E-state index in [2.05, 4.69) is 92.5 Å². The van der Waals surface area contributed by atoms with Gasteiger partial charge in [-0.3, -0.25) is 9.98 Å². The first-order valence-electron chi connectivity index (χ1n) is 11.3. The Morgan fingerprint density at radius 1 is 0.613 bits per heavy atom. The third-order valence-electron chi connectivity index (χ3n) is 4.96. The Morgan fingerprint density at radius 3 is 1.10 bits per heavy atom. The van der Waals surface area contributed by atoms with Crippen LogP contribution in [-0.4, -0.2) is 12.4 Å². The Labute approximate surface area is 209 Å². The van der Waals surface area contributed by atoms with Crippen LogP contribution in [0.2, 0.25) is 0 Å². The van der Waals surface area contributed by atoms with Gasteiger partial charge in [-0.05, 0) is 47.9 Å². The fourth-order valence-corrected chi connectivity index (χ4v) is 3.72. The molecule has 0 radical (unpaired) electrons. The van der Waals surface area contributed by atoms with Gasteiger partial charge < -0.3 is 0 Å². The predicted octanol–water partition coefficient (Wildman–Crippen LogP) is 9.29. The summed E-state index contributed by atoms with van der Waals surface area (Å²) in [6.45, 7) is 8.89. The van der Waals surface area contributed by atoms with Gasteiger partial charge in [0.15, 0.2) is 0 Å². The van der Waals surface area contributed by atoms with Crippen LogP contribution in [0.5, 0.6) is 0 Å². The maximum absolute atomic E-state index is 4.84. The molecule has 0 fully saturated rings. The molecule has 0 aromatic heterocycles. The number of hydrogen-bond acceptors (Lipinski definition) is 2. The van der Waals surface area contributed by atoms with E-state index in [4.69, 9.17) is 9.98 Å². The molecule has 0 saturated carbocycles. The summed E-state index contributed by atoms with van der Waals surface area (Å²) in [5.74, 6) is 0. The molecule has 174 valence electrons. The standard InChI is InChI=1S/C26H36N2.2BrH.Ni/c1-5-11-21-15-9-16-22(12-6-2)25(21)27-19-20-28-26-23(13-7-3)17-10-18-24(26)14-8-4;;;/h9-10,15-20H,5-8,11-14H2,1-4H3;2*1H;/q;;;+2/p-2. The Kier molecular flexibility index (Phi) is 16.2. The quantitative estimate of drug-likeness (QED) is 0.183. The molecule has 0 N–H and O–H groups in total. The van der Waals surface area contributed by atoms with Crippen LogP contribution in [0.4, 0.5) is 11.4 Å². The van der Waals surface area contributed by atoms with Crippen molar-refractivity contribution in [1.29, 1.82) is 0 Å². The van der Waals surface area contributed by atoms with E-state index in [1.54, 1.807) is 0 Å².